The molecule has 0 saturated heterocycles. The van der Waals surface area contributed by atoms with Gasteiger partial charge in [0.2, 0.25) is 0 Å². The standard InChI is InChI=1S/C10H10BrF3O/c1-7(10(12,13)14)15-6-8-3-2-4-9(11)5-8/h2-5,7H,6H2,1H3. The highest BCUT2D eigenvalue weighted by molar-refractivity contribution is 9.10. The van der Waals surface area contributed by atoms with Gasteiger partial charge in [0.25, 0.3) is 0 Å². The number of rotatable bonds is 3. The van der Waals surface area contributed by atoms with Gasteiger partial charge in [-0.3, -0.25) is 0 Å². The summed E-state index contributed by atoms with van der Waals surface area (Å²) in [4.78, 5) is 0. The van der Waals surface area contributed by atoms with Crippen molar-refractivity contribution in [2.24, 2.45) is 0 Å². The molecule has 1 rings (SSSR count). The van der Waals surface area contributed by atoms with Crippen molar-refractivity contribution in [3.05, 3.63) is 34.3 Å². The molecule has 1 aromatic rings. The Morgan fingerprint density at radius 3 is 2.60 bits per heavy atom. The molecular weight excluding hydrogens is 273 g/mol. The molecular formula is C10H10BrF3O. The molecule has 0 amide bonds. The Morgan fingerprint density at radius 1 is 1.40 bits per heavy atom. The first-order valence-electron chi connectivity index (χ1n) is 4.32. The number of alkyl halides is 3. The van der Waals surface area contributed by atoms with Crippen LogP contribution >= 0.6 is 15.9 Å². The van der Waals surface area contributed by atoms with Crippen molar-refractivity contribution >= 4 is 15.9 Å². The zero-order valence-corrected chi connectivity index (χ0v) is 9.60. The monoisotopic (exact) mass is 282 g/mol. The van der Waals surface area contributed by atoms with Gasteiger partial charge in [0.1, 0.15) is 0 Å². The number of hydrogen-bond donors (Lipinski definition) is 0. The van der Waals surface area contributed by atoms with Crippen LogP contribution in [0.2, 0.25) is 0 Å². The maximum atomic E-state index is 12.1. The normalized spacial score (nSPS) is 13.9. The largest absolute Gasteiger partial charge is 0.414 e. The van der Waals surface area contributed by atoms with Gasteiger partial charge in [0, 0.05) is 4.47 Å². The summed E-state index contributed by atoms with van der Waals surface area (Å²) in [6.45, 7) is 0.956. The van der Waals surface area contributed by atoms with Crippen LogP contribution in [0.5, 0.6) is 0 Å². The lowest BCUT2D eigenvalue weighted by Gasteiger charge is -2.16. The van der Waals surface area contributed by atoms with Crippen LogP contribution < -0.4 is 0 Å². The third kappa shape index (κ3) is 4.22. The van der Waals surface area contributed by atoms with E-state index in [2.05, 4.69) is 15.9 Å². The van der Waals surface area contributed by atoms with Gasteiger partial charge < -0.3 is 4.74 Å². The number of hydrogen-bond acceptors (Lipinski definition) is 1. The van der Waals surface area contributed by atoms with E-state index in [1.165, 1.54) is 0 Å². The molecule has 0 spiro atoms. The van der Waals surface area contributed by atoms with Crippen LogP contribution in [0.1, 0.15) is 12.5 Å². The SMILES string of the molecule is CC(OCc1cccc(Br)c1)C(F)(F)F. The molecule has 0 fully saturated rings. The molecule has 0 saturated carbocycles. The van der Waals surface area contributed by atoms with Gasteiger partial charge >= 0.3 is 6.18 Å². The Hall–Kier alpha value is -0.550. The average Bonchev–Trinajstić information content (AvgIpc) is 2.12. The number of halogens is 4. The van der Waals surface area contributed by atoms with Gasteiger partial charge in [0.05, 0.1) is 6.61 Å². The van der Waals surface area contributed by atoms with Crippen LogP contribution in [-0.2, 0) is 11.3 Å². The smallest absolute Gasteiger partial charge is 0.364 e. The number of ether oxygens (including phenoxy) is 1. The molecule has 0 bridgehead atoms. The van der Waals surface area contributed by atoms with Crippen molar-refractivity contribution in [2.45, 2.75) is 25.8 Å². The minimum absolute atomic E-state index is 0.0416. The van der Waals surface area contributed by atoms with Crippen LogP contribution in [0.4, 0.5) is 13.2 Å². The Morgan fingerprint density at radius 2 is 2.07 bits per heavy atom. The van der Waals surface area contributed by atoms with E-state index in [1.807, 2.05) is 0 Å². The van der Waals surface area contributed by atoms with E-state index in [1.54, 1.807) is 24.3 Å². The first kappa shape index (κ1) is 12.5. The lowest BCUT2D eigenvalue weighted by molar-refractivity contribution is -0.217. The topological polar surface area (TPSA) is 9.23 Å². The van der Waals surface area contributed by atoms with Crippen LogP contribution in [0, 0.1) is 0 Å². The van der Waals surface area contributed by atoms with Crippen LogP contribution in [0.15, 0.2) is 28.7 Å². The molecule has 0 heterocycles. The minimum atomic E-state index is -4.30. The molecule has 1 nitrogen and oxygen atoms in total. The lowest BCUT2D eigenvalue weighted by Crippen LogP contribution is -2.28. The average molecular weight is 283 g/mol. The molecule has 5 heteroatoms. The summed E-state index contributed by atoms with van der Waals surface area (Å²) >= 11 is 3.23. The summed E-state index contributed by atoms with van der Waals surface area (Å²) in [6.07, 6.45) is -6.04. The molecule has 0 N–H and O–H groups in total. The first-order valence-corrected chi connectivity index (χ1v) is 5.11. The van der Waals surface area contributed by atoms with Crippen molar-refractivity contribution in [1.29, 1.82) is 0 Å². The van der Waals surface area contributed by atoms with Crippen molar-refractivity contribution in [3.63, 3.8) is 0 Å². The summed E-state index contributed by atoms with van der Waals surface area (Å²) in [6, 6.07) is 6.99. The van der Waals surface area contributed by atoms with E-state index >= 15 is 0 Å². The van der Waals surface area contributed by atoms with Crippen molar-refractivity contribution in [2.75, 3.05) is 0 Å². The molecule has 0 aliphatic heterocycles. The molecule has 0 aliphatic rings. The lowest BCUT2D eigenvalue weighted by atomic mass is 10.2. The highest BCUT2D eigenvalue weighted by Gasteiger charge is 2.36. The quantitative estimate of drug-likeness (QED) is 0.817. The zero-order chi connectivity index (χ0) is 11.5. The van der Waals surface area contributed by atoms with E-state index in [4.69, 9.17) is 4.74 Å². The molecule has 1 unspecified atom stereocenters. The first-order chi connectivity index (χ1) is 6.89. The second-order valence-electron chi connectivity index (χ2n) is 3.12. The molecule has 0 aliphatic carbocycles. The fourth-order valence-electron chi connectivity index (χ4n) is 0.942. The summed E-state index contributed by atoms with van der Waals surface area (Å²) in [5.41, 5.74) is 0.709. The van der Waals surface area contributed by atoms with Crippen LogP contribution in [0.25, 0.3) is 0 Å². The van der Waals surface area contributed by atoms with E-state index in [0.717, 1.165) is 11.4 Å². The maximum absolute atomic E-state index is 12.1. The fourth-order valence-corrected chi connectivity index (χ4v) is 1.39. The van der Waals surface area contributed by atoms with Crippen molar-refractivity contribution in [1.82, 2.24) is 0 Å². The predicted molar refractivity (Wildman–Crippen MR) is 54.4 cm³/mol. The summed E-state index contributed by atoms with van der Waals surface area (Å²) < 4.78 is 41.8. The van der Waals surface area contributed by atoms with Gasteiger partial charge in [0.15, 0.2) is 6.10 Å². The molecule has 0 radical (unpaired) electrons. The Kier molecular flexibility index (Phi) is 4.16. The fraction of sp³-hybridized carbons (Fsp3) is 0.400. The van der Waals surface area contributed by atoms with E-state index < -0.39 is 12.3 Å². The Bertz CT molecular complexity index is 325. The molecule has 0 aromatic heterocycles. The minimum Gasteiger partial charge on any atom is -0.364 e. The molecule has 1 atom stereocenters. The van der Waals surface area contributed by atoms with Gasteiger partial charge in [-0.25, -0.2) is 0 Å². The second kappa shape index (κ2) is 4.99. The van der Waals surface area contributed by atoms with Crippen molar-refractivity contribution in [3.8, 4) is 0 Å². The van der Waals surface area contributed by atoms with Crippen LogP contribution in [-0.4, -0.2) is 12.3 Å². The summed E-state index contributed by atoms with van der Waals surface area (Å²) in [5, 5.41) is 0. The van der Waals surface area contributed by atoms with E-state index in [-0.39, 0.29) is 6.61 Å². The Labute approximate surface area is 94.4 Å². The van der Waals surface area contributed by atoms with Gasteiger partial charge in [-0.05, 0) is 24.6 Å². The second-order valence-corrected chi connectivity index (χ2v) is 4.04. The van der Waals surface area contributed by atoms with Crippen molar-refractivity contribution < 1.29 is 17.9 Å². The van der Waals surface area contributed by atoms with Gasteiger partial charge in [-0.2, -0.15) is 13.2 Å². The van der Waals surface area contributed by atoms with Gasteiger partial charge in [-0.1, -0.05) is 28.1 Å². The van der Waals surface area contributed by atoms with Gasteiger partial charge in [-0.15, -0.1) is 0 Å². The highest BCUT2D eigenvalue weighted by atomic mass is 79.9. The van der Waals surface area contributed by atoms with E-state index in [0.29, 0.717) is 5.56 Å². The van der Waals surface area contributed by atoms with Crippen LogP contribution in [0.3, 0.4) is 0 Å². The zero-order valence-electron chi connectivity index (χ0n) is 8.01. The highest BCUT2D eigenvalue weighted by Crippen LogP contribution is 2.23. The third-order valence-corrected chi connectivity index (χ3v) is 2.34. The molecule has 84 valence electrons. The summed E-state index contributed by atoms with van der Waals surface area (Å²) in [7, 11) is 0. The predicted octanol–water partition coefficient (Wildman–Crippen LogP) is 3.92. The number of benzene rings is 1. The van der Waals surface area contributed by atoms with E-state index in [9.17, 15) is 13.2 Å². The maximum Gasteiger partial charge on any atom is 0.414 e. The molecule has 15 heavy (non-hydrogen) atoms. The Balaban J connectivity index is 2.51. The third-order valence-electron chi connectivity index (χ3n) is 1.85. The summed E-state index contributed by atoms with van der Waals surface area (Å²) in [5.74, 6) is 0. The molecule has 1 aromatic carbocycles.